The molecular formula is C29H29F3N8O3. The molecule has 1 aliphatic carbocycles. The zero-order valence-electron chi connectivity index (χ0n) is 23.0. The number of anilines is 1. The number of imidazole rings is 1. The number of ether oxygens (including phenoxy) is 1. The topological polar surface area (TPSA) is 136 Å². The molecule has 2 fully saturated rings. The minimum atomic E-state index is -2.73. The molecule has 6 rings (SSSR count). The molecule has 224 valence electrons. The number of pyridine rings is 1. The van der Waals surface area contributed by atoms with Crippen molar-refractivity contribution in [3.63, 3.8) is 0 Å². The maximum absolute atomic E-state index is 14.7. The lowest BCUT2D eigenvalue weighted by Crippen LogP contribution is -2.37. The van der Waals surface area contributed by atoms with E-state index in [-0.39, 0.29) is 35.9 Å². The van der Waals surface area contributed by atoms with Crippen molar-refractivity contribution in [3.8, 4) is 11.4 Å². The second-order valence-corrected chi connectivity index (χ2v) is 10.5. The Morgan fingerprint density at radius 2 is 2.02 bits per heavy atom. The molecular weight excluding hydrogens is 565 g/mol. The fourth-order valence-electron chi connectivity index (χ4n) is 5.02. The zero-order valence-corrected chi connectivity index (χ0v) is 23.0. The van der Waals surface area contributed by atoms with Gasteiger partial charge in [-0.1, -0.05) is 5.16 Å². The second-order valence-electron chi connectivity index (χ2n) is 10.5. The molecule has 0 bridgehead atoms. The van der Waals surface area contributed by atoms with Gasteiger partial charge in [0.1, 0.15) is 17.2 Å². The van der Waals surface area contributed by atoms with Gasteiger partial charge >= 0.3 is 0 Å². The molecule has 1 amide bonds. The first-order valence-corrected chi connectivity index (χ1v) is 13.8. The summed E-state index contributed by atoms with van der Waals surface area (Å²) in [5, 5.41) is 6.42. The van der Waals surface area contributed by atoms with Gasteiger partial charge in [0.05, 0.1) is 31.6 Å². The van der Waals surface area contributed by atoms with Crippen LogP contribution in [0.25, 0.3) is 22.6 Å². The normalized spacial score (nSPS) is 17.9. The monoisotopic (exact) mass is 594 g/mol. The van der Waals surface area contributed by atoms with E-state index < -0.39 is 23.6 Å². The number of benzene rings is 1. The van der Waals surface area contributed by atoms with Crippen LogP contribution in [0.5, 0.6) is 0 Å². The molecule has 4 heterocycles. The number of nitrogens with one attached hydrogen (secondary N) is 1. The first-order chi connectivity index (χ1) is 20.8. The summed E-state index contributed by atoms with van der Waals surface area (Å²) in [5.41, 5.74) is 8.16. The van der Waals surface area contributed by atoms with Crippen LogP contribution in [0, 0.1) is 5.82 Å². The van der Waals surface area contributed by atoms with E-state index in [4.69, 9.17) is 15.0 Å². The first kappa shape index (κ1) is 28.6. The van der Waals surface area contributed by atoms with E-state index in [1.54, 1.807) is 22.9 Å². The number of rotatable bonds is 9. The summed E-state index contributed by atoms with van der Waals surface area (Å²) in [6, 6.07) is 7.49. The molecule has 43 heavy (non-hydrogen) atoms. The average molecular weight is 595 g/mol. The number of alkyl halides is 2. The molecule has 3 aromatic heterocycles. The minimum Gasteiger partial charge on any atom is -0.404 e. The van der Waals surface area contributed by atoms with Crippen LogP contribution in [-0.2, 0) is 4.74 Å². The Kier molecular flexibility index (Phi) is 7.95. The second kappa shape index (κ2) is 12.0. The van der Waals surface area contributed by atoms with Crippen LogP contribution >= 0.6 is 0 Å². The Morgan fingerprint density at radius 1 is 1.21 bits per heavy atom. The van der Waals surface area contributed by atoms with Gasteiger partial charge in [-0.2, -0.15) is 4.98 Å². The fraction of sp³-hybridized carbons (Fsp3) is 0.345. The van der Waals surface area contributed by atoms with E-state index in [0.717, 1.165) is 38.9 Å². The van der Waals surface area contributed by atoms with Crippen LogP contribution in [0.1, 0.15) is 40.7 Å². The van der Waals surface area contributed by atoms with Crippen molar-refractivity contribution in [2.24, 2.45) is 10.7 Å². The Bertz CT molecular complexity index is 1690. The third-order valence-corrected chi connectivity index (χ3v) is 7.48. The third-order valence-electron chi connectivity index (χ3n) is 7.48. The Labute approximate surface area is 244 Å². The number of carbonyl (C=O) groups is 1. The van der Waals surface area contributed by atoms with E-state index >= 15 is 0 Å². The van der Waals surface area contributed by atoms with Gasteiger partial charge in [-0.25, -0.2) is 18.2 Å². The van der Waals surface area contributed by atoms with Gasteiger partial charge < -0.3 is 20.3 Å². The standard InChI is InChI=1S/C29H29F3N8O3/c30-22-3-1-18(26-37-28(43-38-26)20-12-29(31,32)13-20)11-23(22)36-27(41)24-16-35-25-4-2-19(17-40(24)25)21(14-33)15-34-5-6-39-7-9-42-10-8-39/h1-4,11,14-17,20H,5-10,12-13,33H2,(H,36,41). The summed E-state index contributed by atoms with van der Waals surface area (Å²) in [6.45, 7) is 4.63. The lowest BCUT2D eigenvalue weighted by molar-refractivity contribution is -0.0925. The summed E-state index contributed by atoms with van der Waals surface area (Å²) >= 11 is 0. The van der Waals surface area contributed by atoms with Gasteiger partial charge in [0, 0.05) is 73.7 Å². The lowest BCUT2D eigenvalue weighted by atomic mass is 9.81. The summed E-state index contributed by atoms with van der Waals surface area (Å²) in [7, 11) is 0. The van der Waals surface area contributed by atoms with Crippen molar-refractivity contribution in [2.45, 2.75) is 24.7 Å². The molecule has 0 atom stereocenters. The van der Waals surface area contributed by atoms with Crippen LogP contribution in [0.3, 0.4) is 0 Å². The number of nitrogens with zero attached hydrogens (tertiary/aromatic N) is 6. The van der Waals surface area contributed by atoms with Crippen molar-refractivity contribution >= 4 is 29.0 Å². The number of nitrogens with two attached hydrogens (primary N) is 1. The van der Waals surface area contributed by atoms with Gasteiger partial charge in [-0.3, -0.25) is 19.1 Å². The van der Waals surface area contributed by atoms with E-state index in [2.05, 4.69) is 30.3 Å². The SMILES string of the molecule is NC=C(C=NCCN1CCOCC1)c1ccc2ncc(C(=O)Nc3cc(-c4noc(C5CC(F)(F)C5)n4)ccc3F)n2c1. The number of fused-ring (bicyclic) bond motifs is 1. The highest BCUT2D eigenvalue weighted by Crippen LogP contribution is 2.48. The summed E-state index contributed by atoms with van der Waals surface area (Å²) < 4.78 is 53.3. The molecule has 2 aliphatic rings. The molecule has 1 saturated carbocycles. The number of aromatic nitrogens is 4. The number of allylic oxidation sites excluding steroid dienone is 1. The zero-order chi connectivity index (χ0) is 30.0. The van der Waals surface area contributed by atoms with Gasteiger partial charge in [0.15, 0.2) is 0 Å². The number of carbonyl (C=O) groups excluding carboxylic acids is 1. The van der Waals surface area contributed by atoms with E-state index in [1.807, 2.05) is 6.07 Å². The number of amides is 1. The molecule has 3 N–H and O–H groups in total. The Hall–Kier alpha value is -4.56. The van der Waals surface area contributed by atoms with Crippen LogP contribution in [0.15, 0.2) is 58.4 Å². The van der Waals surface area contributed by atoms with E-state index in [1.165, 1.54) is 24.5 Å². The molecule has 1 aromatic carbocycles. The highest BCUT2D eigenvalue weighted by Gasteiger charge is 2.48. The molecule has 11 nitrogen and oxygen atoms in total. The quantitative estimate of drug-likeness (QED) is 0.278. The van der Waals surface area contributed by atoms with Crippen LogP contribution < -0.4 is 11.1 Å². The highest BCUT2D eigenvalue weighted by atomic mass is 19.3. The summed E-state index contributed by atoms with van der Waals surface area (Å²) in [5.74, 6) is -4.34. The molecule has 4 aromatic rings. The van der Waals surface area contributed by atoms with E-state index in [0.29, 0.717) is 28.9 Å². The lowest BCUT2D eigenvalue weighted by Gasteiger charge is -2.31. The molecule has 14 heteroatoms. The predicted octanol–water partition coefficient (Wildman–Crippen LogP) is 3.99. The van der Waals surface area contributed by atoms with Gasteiger partial charge in [0.25, 0.3) is 5.91 Å². The largest absolute Gasteiger partial charge is 0.404 e. The fourth-order valence-corrected chi connectivity index (χ4v) is 5.02. The van der Waals surface area contributed by atoms with Crippen LogP contribution in [-0.4, -0.2) is 81.9 Å². The van der Waals surface area contributed by atoms with Crippen molar-refractivity contribution < 1.29 is 27.2 Å². The van der Waals surface area contributed by atoms with Crippen molar-refractivity contribution in [2.75, 3.05) is 44.7 Å². The molecule has 0 spiro atoms. The van der Waals surface area contributed by atoms with Crippen LogP contribution in [0.2, 0.25) is 0 Å². The molecule has 1 saturated heterocycles. The van der Waals surface area contributed by atoms with Crippen LogP contribution in [0.4, 0.5) is 18.9 Å². The van der Waals surface area contributed by atoms with Gasteiger partial charge in [-0.05, 0) is 30.3 Å². The first-order valence-electron chi connectivity index (χ1n) is 13.8. The number of morpholine rings is 1. The number of hydrogen-bond acceptors (Lipinski definition) is 9. The minimum absolute atomic E-state index is 0.102. The van der Waals surface area contributed by atoms with E-state index in [9.17, 15) is 18.0 Å². The summed E-state index contributed by atoms with van der Waals surface area (Å²) in [4.78, 5) is 28.5. The Morgan fingerprint density at radius 3 is 2.79 bits per heavy atom. The maximum Gasteiger partial charge on any atom is 0.274 e. The third kappa shape index (κ3) is 6.29. The number of halogens is 3. The Balaban J connectivity index is 1.16. The van der Waals surface area contributed by atoms with Crippen molar-refractivity contribution in [3.05, 3.63) is 71.9 Å². The smallest absolute Gasteiger partial charge is 0.274 e. The molecule has 0 unspecified atom stereocenters. The number of hydrogen-bond donors (Lipinski definition) is 2. The van der Waals surface area contributed by atoms with Gasteiger partial charge in [-0.15, -0.1) is 0 Å². The van der Waals surface area contributed by atoms with Gasteiger partial charge in [0.2, 0.25) is 17.6 Å². The van der Waals surface area contributed by atoms with Crippen molar-refractivity contribution in [1.82, 2.24) is 24.4 Å². The summed E-state index contributed by atoms with van der Waals surface area (Å²) in [6.07, 6.45) is 5.52. The number of aliphatic imine (C=N–C) groups is 1. The predicted molar refractivity (Wildman–Crippen MR) is 153 cm³/mol. The van der Waals surface area contributed by atoms with Crippen molar-refractivity contribution in [1.29, 1.82) is 0 Å². The molecule has 1 aliphatic heterocycles. The maximum atomic E-state index is 14.7. The highest BCUT2D eigenvalue weighted by molar-refractivity contribution is 6.09. The average Bonchev–Trinajstić information content (AvgIpc) is 3.65. The molecule has 0 radical (unpaired) electrons.